The van der Waals surface area contributed by atoms with E-state index in [9.17, 15) is 19.2 Å². The third-order valence-electron chi connectivity index (χ3n) is 13.9. The normalized spacial score (nSPS) is 16.6. The van der Waals surface area contributed by atoms with Crippen LogP contribution in [0.3, 0.4) is 0 Å². The number of fused-ring (bicyclic) bond motifs is 4. The minimum atomic E-state index is -0.523. The third kappa shape index (κ3) is 8.81. The van der Waals surface area contributed by atoms with Crippen LogP contribution in [-0.4, -0.2) is 102 Å². The molecule has 0 radical (unpaired) electrons. The van der Waals surface area contributed by atoms with Gasteiger partial charge in [-0.15, -0.1) is 11.8 Å². The van der Waals surface area contributed by atoms with E-state index in [4.69, 9.17) is 30.7 Å². The SMILES string of the molecule is CC#CCn1c(N2CCC[C@@H](N[C@H](C)Cc3nc(Cn4c(=O)c5c(nc(N6CCC[C@@H](N)C6)n5CC#CC)n(C)c4=O)nc4ccccc34)C2)nc2c1c(=O)n(Cc1nc(C)c3ccccc3n1)c(=O)n2C. The first-order valence-corrected chi connectivity index (χ1v) is 24.5. The average molecular weight is 971 g/mol. The summed E-state index contributed by atoms with van der Waals surface area (Å²) in [6.07, 6.45) is 4.06. The molecule has 0 aliphatic carbocycles. The lowest BCUT2D eigenvalue weighted by Crippen LogP contribution is -2.49. The van der Waals surface area contributed by atoms with Crippen LogP contribution in [0.2, 0.25) is 0 Å². The van der Waals surface area contributed by atoms with Crippen molar-refractivity contribution in [2.45, 2.75) is 104 Å². The molecule has 2 fully saturated rings. The molecule has 6 aromatic heterocycles. The predicted octanol–water partition coefficient (Wildman–Crippen LogP) is 2.56. The molecule has 20 heteroatoms. The molecule has 10 rings (SSSR count). The molecule has 0 saturated carbocycles. The van der Waals surface area contributed by atoms with Gasteiger partial charge in [-0.3, -0.25) is 37.0 Å². The number of benzene rings is 2. The second-order valence-electron chi connectivity index (χ2n) is 18.9. The molecule has 3 atom stereocenters. The van der Waals surface area contributed by atoms with Gasteiger partial charge in [0.05, 0.1) is 42.9 Å². The number of imidazole rings is 2. The molecule has 3 N–H and O–H groups in total. The van der Waals surface area contributed by atoms with E-state index >= 15 is 0 Å². The maximum atomic E-state index is 14.5. The van der Waals surface area contributed by atoms with Crippen molar-refractivity contribution in [3.05, 3.63) is 113 Å². The second kappa shape index (κ2) is 19.7. The van der Waals surface area contributed by atoms with Crippen molar-refractivity contribution < 1.29 is 0 Å². The quantitative estimate of drug-likeness (QED) is 0.168. The van der Waals surface area contributed by atoms with Crippen LogP contribution < -0.4 is 43.3 Å². The molecular weight excluding hydrogens is 913 g/mol. The number of aryl methyl sites for hydroxylation is 3. The van der Waals surface area contributed by atoms with Crippen molar-refractivity contribution in [3.63, 3.8) is 0 Å². The maximum absolute atomic E-state index is 14.5. The zero-order valence-electron chi connectivity index (χ0n) is 41.5. The van der Waals surface area contributed by atoms with Gasteiger partial charge in [-0.1, -0.05) is 48.2 Å². The number of nitrogens with zero attached hydrogens (tertiary/aromatic N) is 14. The van der Waals surface area contributed by atoms with Gasteiger partial charge in [-0.05, 0) is 65.5 Å². The highest BCUT2D eigenvalue weighted by molar-refractivity contribution is 5.82. The van der Waals surface area contributed by atoms with E-state index in [0.29, 0.717) is 55.1 Å². The van der Waals surface area contributed by atoms with E-state index in [1.807, 2.05) is 60.0 Å². The van der Waals surface area contributed by atoms with Crippen molar-refractivity contribution in [3.8, 4) is 23.7 Å². The summed E-state index contributed by atoms with van der Waals surface area (Å²) in [4.78, 5) is 90.2. The number of hydrogen-bond acceptors (Lipinski definition) is 14. The fourth-order valence-corrected chi connectivity index (χ4v) is 10.4. The van der Waals surface area contributed by atoms with Gasteiger partial charge in [-0.2, -0.15) is 9.97 Å². The van der Waals surface area contributed by atoms with Crippen molar-refractivity contribution in [2.24, 2.45) is 19.8 Å². The molecule has 8 heterocycles. The molecule has 0 amide bonds. The molecule has 2 aromatic carbocycles. The highest BCUT2D eigenvalue weighted by atomic mass is 16.2. The minimum Gasteiger partial charge on any atom is -0.341 e. The van der Waals surface area contributed by atoms with E-state index in [1.54, 1.807) is 32.5 Å². The summed E-state index contributed by atoms with van der Waals surface area (Å²) in [7, 11) is 3.25. The van der Waals surface area contributed by atoms with Crippen LogP contribution in [-0.2, 0) is 46.7 Å². The van der Waals surface area contributed by atoms with E-state index in [1.165, 1.54) is 18.3 Å². The molecule has 0 unspecified atom stereocenters. The Labute approximate surface area is 414 Å². The standard InChI is InChI=1S/C52H58N16O4/c1-7-9-25-65-43-45(59-49(65)63-23-15-17-34(53)28-63)61(5)52(72)68(48(43)70)31-42-57-39-22-14-12-20-37(39)40(58-42)27-32(3)54-35-18-16-24-64(29-35)50-60-46-44(66(50)26-10-8-2)47(69)67(51(71)62(46)6)30-41-55-33(4)36-19-11-13-21-38(36)56-41/h11-14,19-22,32,34-35,54H,15-18,23-31,53H2,1-6H3/t32-,34-,35-/m1/s1. The summed E-state index contributed by atoms with van der Waals surface area (Å²) in [5.74, 6) is 14.0. The lowest BCUT2D eigenvalue weighted by atomic mass is 10.0. The van der Waals surface area contributed by atoms with Crippen LogP contribution in [0.1, 0.15) is 69.5 Å². The Morgan fingerprint density at radius 3 is 1.75 bits per heavy atom. The topological polar surface area (TPSA) is 220 Å². The number of anilines is 2. The Kier molecular flexibility index (Phi) is 13.1. The lowest BCUT2D eigenvalue weighted by molar-refractivity contribution is 0.378. The fraction of sp³-hybridized carbons (Fsp3) is 0.423. The molecule has 0 spiro atoms. The first-order chi connectivity index (χ1) is 34.8. The number of hydrogen-bond donors (Lipinski definition) is 2. The summed E-state index contributed by atoms with van der Waals surface area (Å²) in [5.41, 5.74) is 8.46. The van der Waals surface area contributed by atoms with E-state index in [-0.39, 0.29) is 66.6 Å². The molecule has 8 aromatic rings. The van der Waals surface area contributed by atoms with Crippen LogP contribution in [0.4, 0.5) is 11.9 Å². The monoisotopic (exact) mass is 970 g/mol. The van der Waals surface area contributed by atoms with Crippen molar-refractivity contribution in [1.29, 1.82) is 0 Å². The number of rotatable bonds is 12. The van der Waals surface area contributed by atoms with Gasteiger partial charge in [0.15, 0.2) is 22.3 Å². The summed E-state index contributed by atoms with van der Waals surface area (Å²) >= 11 is 0. The average Bonchev–Trinajstić information content (AvgIpc) is 3.96. The number of nitrogens with two attached hydrogens (primary N) is 1. The van der Waals surface area contributed by atoms with Crippen molar-refractivity contribution in [2.75, 3.05) is 36.0 Å². The Bertz CT molecular complexity index is 3820. The summed E-state index contributed by atoms with van der Waals surface area (Å²) in [6.45, 7) is 10.3. The Morgan fingerprint density at radius 2 is 1.18 bits per heavy atom. The largest absolute Gasteiger partial charge is 0.341 e. The molecular formula is C52H58N16O4. The highest BCUT2D eigenvalue weighted by Gasteiger charge is 2.30. The summed E-state index contributed by atoms with van der Waals surface area (Å²) in [5, 5.41) is 5.62. The molecule has 2 aliphatic rings. The van der Waals surface area contributed by atoms with Gasteiger partial charge in [0.25, 0.3) is 11.1 Å². The van der Waals surface area contributed by atoms with Gasteiger partial charge in [-0.25, -0.2) is 29.5 Å². The summed E-state index contributed by atoms with van der Waals surface area (Å²) in [6, 6.07) is 15.4. The number of para-hydroxylation sites is 2. The van der Waals surface area contributed by atoms with Gasteiger partial charge in [0.1, 0.15) is 11.6 Å². The molecule has 72 heavy (non-hydrogen) atoms. The second-order valence-corrected chi connectivity index (χ2v) is 18.9. The first-order valence-electron chi connectivity index (χ1n) is 24.5. The van der Waals surface area contributed by atoms with Crippen molar-refractivity contribution >= 4 is 56.0 Å². The smallest absolute Gasteiger partial charge is 0.332 e. The first kappa shape index (κ1) is 47.7. The van der Waals surface area contributed by atoms with Gasteiger partial charge in [0.2, 0.25) is 11.9 Å². The number of nitrogens with one attached hydrogen (secondary N) is 1. The van der Waals surface area contributed by atoms with Gasteiger partial charge >= 0.3 is 11.4 Å². The predicted molar refractivity (Wildman–Crippen MR) is 278 cm³/mol. The number of aromatic nitrogens is 12. The van der Waals surface area contributed by atoms with Crippen LogP contribution in [0.15, 0.2) is 67.7 Å². The molecule has 370 valence electrons. The Hall–Kier alpha value is -7.94. The van der Waals surface area contributed by atoms with Crippen LogP contribution in [0.5, 0.6) is 0 Å². The van der Waals surface area contributed by atoms with Crippen LogP contribution in [0, 0.1) is 30.6 Å². The van der Waals surface area contributed by atoms with E-state index in [0.717, 1.165) is 59.9 Å². The van der Waals surface area contributed by atoms with Crippen molar-refractivity contribution in [1.82, 2.24) is 62.6 Å². The Morgan fingerprint density at radius 1 is 0.667 bits per heavy atom. The molecule has 2 saturated heterocycles. The fourth-order valence-electron chi connectivity index (χ4n) is 10.4. The van der Waals surface area contributed by atoms with Gasteiger partial charge in [0, 0.05) is 81.3 Å². The summed E-state index contributed by atoms with van der Waals surface area (Å²) < 4.78 is 8.81. The minimum absolute atomic E-state index is 0.0294. The van der Waals surface area contributed by atoms with E-state index < -0.39 is 22.5 Å². The number of piperidine rings is 2. The van der Waals surface area contributed by atoms with E-state index in [2.05, 4.69) is 50.7 Å². The maximum Gasteiger partial charge on any atom is 0.332 e. The highest BCUT2D eigenvalue weighted by Crippen LogP contribution is 2.26. The molecule has 0 bridgehead atoms. The lowest BCUT2D eigenvalue weighted by Gasteiger charge is -2.35. The molecule has 2 aliphatic heterocycles. The molecule has 20 nitrogen and oxygen atoms in total. The van der Waals surface area contributed by atoms with Crippen LogP contribution in [0.25, 0.3) is 44.1 Å². The van der Waals surface area contributed by atoms with Gasteiger partial charge < -0.3 is 20.9 Å². The van der Waals surface area contributed by atoms with Crippen LogP contribution >= 0.6 is 0 Å². The third-order valence-corrected chi connectivity index (χ3v) is 13.9. The zero-order valence-corrected chi connectivity index (χ0v) is 41.5. The Balaban J connectivity index is 0.923. The zero-order chi connectivity index (χ0) is 50.4.